The zero-order chi connectivity index (χ0) is 22.0. The predicted octanol–water partition coefficient (Wildman–Crippen LogP) is 4.11. The second kappa shape index (κ2) is 11.1. The van der Waals surface area contributed by atoms with Gasteiger partial charge in [-0.25, -0.2) is 4.79 Å². The van der Waals surface area contributed by atoms with Crippen LogP contribution in [0.25, 0.3) is 22.4 Å². The summed E-state index contributed by atoms with van der Waals surface area (Å²) < 4.78 is 36.8. The molecule has 0 radical (unpaired) electrons. The van der Waals surface area contributed by atoms with Crippen molar-refractivity contribution >= 4 is 5.97 Å². The SMILES string of the molecule is COCCNCc1ccc(-c2cccc(-c3ccn[nH]3)c2)cc1.O=C(O)C(F)(F)F. The van der Waals surface area contributed by atoms with Gasteiger partial charge in [-0.3, -0.25) is 5.10 Å². The Morgan fingerprint density at radius 1 is 1.10 bits per heavy atom. The van der Waals surface area contributed by atoms with E-state index in [1.54, 1.807) is 13.3 Å². The highest BCUT2D eigenvalue weighted by Gasteiger charge is 2.38. The highest BCUT2D eigenvalue weighted by Crippen LogP contribution is 2.25. The molecule has 30 heavy (non-hydrogen) atoms. The molecule has 0 bridgehead atoms. The van der Waals surface area contributed by atoms with Crippen LogP contribution in [0.15, 0.2) is 60.8 Å². The fraction of sp³-hybridized carbons (Fsp3) is 0.238. The van der Waals surface area contributed by atoms with E-state index in [9.17, 15) is 13.2 Å². The molecule has 0 saturated heterocycles. The number of aliphatic carboxylic acids is 1. The topological polar surface area (TPSA) is 87.2 Å². The van der Waals surface area contributed by atoms with Crippen LogP contribution in [0.3, 0.4) is 0 Å². The second-order valence-corrected chi connectivity index (χ2v) is 6.22. The second-order valence-electron chi connectivity index (χ2n) is 6.22. The van der Waals surface area contributed by atoms with Crippen LogP contribution < -0.4 is 5.32 Å². The van der Waals surface area contributed by atoms with Gasteiger partial charge in [0, 0.05) is 32.0 Å². The molecule has 6 nitrogen and oxygen atoms in total. The number of nitrogens with zero attached hydrogens (tertiary/aromatic N) is 1. The summed E-state index contributed by atoms with van der Waals surface area (Å²) in [6.07, 6.45) is -3.31. The van der Waals surface area contributed by atoms with E-state index in [1.807, 2.05) is 6.07 Å². The average molecular weight is 421 g/mol. The summed E-state index contributed by atoms with van der Waals surface area (Å²) in [5, 5.41) is 17.5. The van der Waals surface area contributed by atoms with Crippen LogP contribution in [0.1, 0.15) is 5.56 Å². The molecule has 160 valence electrons. The van der Waals surface area contributed by atoms with Crippen molar-refractivity contribution in [3.63, 3.8) is 0 Å². The summed E-state index contributed by atoms with van der Waals surface area (Å²) in [6.45, 7) is 2.46. The van der Waals surface area contributed by atoms with Gasteiger partial charge in [0.2, 0.25) is 0 Å². The van der Waals surface area contributed by atoms with Gasteiger partial charge in [0.1, 0.15) is 0 Å². The summed E-state index contributed by atoms with van der Waals surface area (Å²) in [5.74, 6) is -2.76. The largest absolute Gasteiger partial charge is 0.490 e. The number of methoxy groups -OCH3 is 1. The maximum absolute atomic E-state index is 10.6. The third-order valence-electron chi connectivity index (χ3n) is 4.02. The Morgan fingerprint density at radius 3 is 2.33 bits per heavy atom. The Bertz CT molecular complexity index is 911. The fourth-order valence-electron chi connectivity index (χ4n) is 2.50. The van der Waals surface area contributed by atoms with E-state index in [2.05, 4.69) is 64.0 Å². The number of aromatic amines is 1. The lowest BCUT2D eigenvalue weighted by Gasteiger charge is -2.07. The molecule has 2 aromatic carbocycles. The molecule has 9 heteroatoms. The summed E-state index contributed by atoms with van der Waals surface area (Å²) >= 11 is 0. The lowest BCUT2D eigenvalue weighted by atomic mass is 10.0. The van der Waals surface area contributed by atoms with Gasteiger partial charge in [-0.15, -0.1) is 0 Å². The number of hydrogen-bond acceptors (Lipinski definition) is 4. The molecule has 0 unspecified atom stereocenters. The average Bonchev–Trinajstić information content (AvgIpc) is 3.27. The van der Waals surface area contributed by atoms with Crippen molar-refractivity contribution in [2.24, 2.45) is 0 Å². The maximum atomic E-state index is 10.6. The predicted molar refractivity (Wildman–Crippen MR) is 107 cm³/mol. The Morgan fingerprint density at radius 2 is 1.77 bits per heavy atom. The molecule has 1 heterocycles. The molecular formula is C21H22F3N3O3. The van der Waals surface area contributed by atoms with E-state index in [4.69, 9.17) is 14.6 Å². The molecule has 0 amide bonds. The molecule has 0 aliphatic carbocycles. The van der Waals surface area contributed by atoms with Crippen molar-refractivity contribution in [1.29, 1.82) is 0 Å². The molecule has 0 fully saturated rings. The molecule has 0 aliphatic heterocycles. The molecular weight excluding hydrogens is 399 g/mol. The zero-order valence-electron chi connectivity index (χ0n) is 16.2. The number of benzene rings is 2. The van der Waals surface area contributed by atoms with Crippen molar-refractivity contribution in [3.05, 3.63) is 66.4 Å². The van der Waals surface area contributed by atoms with Gasteiger partial charge < -0.3 is 15.2 Å². The van der Waals surface area contributed by atoms with Crippen LogP contribution >= 0.6 is 0 Å². The normalized spacial score (nSPS) is 10.9. The smallest absolute Gasteiger partial charge is 0.475 e. The van der Waals surface area contributed by atoms with Crippen LogP contribution in [0.4, 0.5) is 13.2 Å². The van der Waals surface area contributed by atoms with Gasteiger partial charge >= 0.3 is 12.1 Å². The number of aromatic nitrogens is 2. The Hall–Kier alpha value is -3.17. The number of H-pyrrole nitrogens is 1. The highest BCUT2D eigenvalue weighted by atomic mass is 19.4. The van der Waals surface area contributed by atoms with Crippen LogP contribution in [0.5, 0.6) is 0 Å². The first-order chi connectivity index (χ1) is 14.3. The molecule has 0 atom stereocenters. The number of carboxylic acid groups (broad SMARTS) is 1. The lowest BCUT2D eigenvalue weighted by Crippen LogP contribution is -2.21. The molecule has 3 rings (SSSR count). The number of rotatable bonds is 7. The van der Waals surface area contributed by atoms with Crippen LogP contribution in [0.2, 0.25) is 0 Å². The molecule has 0 spiro atoms. The Balaban J connectivity index is 0.000000396. The van der Waals surface area contributed by atoms with E-state index in [-0.39, 0.29) is 0 Å². The minimum atomic E-state index is -5.08. The van der Waals surface area contributed by atoms with Crippen molar-refractivity contribution < 1.29 is 27.8 Å². The zero-order valence-corrected chi connectivity index (χ0v) is 16.2. The molecule has 0 aliphatic rings. The van der Waals surface area contributed by atoms with E-state index < -0.39 is 12.1 Å². The van der Waals surface area contributed by atoms with E-state index in [1.165, 1.54) is 16.7 Å². The molecule has 3 aromatic rings. The number of hydrogen-bond donors (Lipinski definition) is 3. The van der Waals surface area contributed by atoms with E-state index in [0.717, 1.165) is 31.0 Å². The summed E-state index contributed by atoms with van der Waals surface area (Å²) in [6, 6.07) is 19.1. The third-order valence-corrected chi connectivity index (χ3v) is 4.02. The van der Waals surface area contributed by atoms with Crippen molar-refractivity contribution in [3.8, 4) is 22.4 Å². The van der Waals surface area contributed by atoms with E-state index in [0.29, 0.717) is 0 Å². The number of alkyl halides is 3. The van der Waals surface area contributed by atoms with Gasteiger partial charge in [0.05, 0.1) is 12.3 Å². The van der Waals surface area contributed by atoms with Crippen LogP contribution in [0, 0.1) is 0 Å². The first-order valence-corrected chi connectivity index (χ1v) is 9.00. The quantitative estimate of drug-likeness (QED) is 0.500. The summed E-state index contributed by atoms with van der Waals surface area (Å²) in [5.41, 5.74) is 5.87. The summed E-state index contributed by atoms with van der Waals surface area (Å²) in [4.78, 5) is 8.90. The number of carboxylic acids is 1. The first-order valence-electron chi connectivity index (χ1n) is 9.00. The monoisotopic (exact) mass is 421 g/mol. The fourth-order valence-corrected chi connectivity index (χ4v) is 2.50. The van der Waals surface area contributed by atoms with Crippen LogP contribution in [-0.4, -0.2) is 47.7 Å². The minimum Gasteiger partial charge on any atom is -0.475 e. The van der Waals surface area contributed by atoms with E-state index >= 15 is 0 Å². The third kappa shape index (κ3) is 7.34. The standard InChI is InChI=1S/C19H21N3O.C2HF3O2/c1-23-12-11-20-14-15-5-7-16(8-6-15)17-3-2-4-18(13-17)19-9-10-21-22-19;3-2(4,5)1(6)7/h2-10,13,20H,11-12,14H2,1H3,(H,21,22);(H,6,7). The van der Waals surface area contributed by atoms with Crippen molar-refractivity contribution in [2.75, 3.05) is 20.3 Å². The number of carbonyl (C=O) groups is 1. The lowest BCUT2D eigenvalue weighted by molar-refractivity contribution is -0.192. The number of nitrogens with one attached hydrogen (secondary N) is 2. The minimum absolute atomic E-state index is 0.735. The van der Waals surface area contributed by atoms with Gasteiger partial charge in [-0.1, -0.05) is 42.5 Å². The Labute approximate surface area is 171 Å². The molecule has 3 N–H and O–H groups in total. The number of ether oxygens (including phenoxy) is 1. The first kappa shape index (κ1) is 23.1. The van der Waals surface area contributed by atoms with Crippen LogP contribution in [-0.2, 0) is 16.1 Å². The van der Waals surface area contributed by atoms with Gasteiger partial charge in [-0.2, -0.15) is 18.3 Å². The van der Waals surface area contributed by atoms with Gasteiger partial charge in [0.15, 0.2) is 0 Å². The summed E-state index contributed by atoms with van der Waals surface area (Å²) in [7, 11) is 1.72. The van der Waals surface area contributed by atoms with Gasteiger partial charge in [-0.05, 0) is 28.8 Å². The molecule has 1 aromatic heterocycles. The number of halogens is 3. The Kier molecular flexibility index (Phi) is 8.57. The van der Waals surface area contributed by atoms with Crippen molar-refractivity contribution in [1.82, 2.24) is 15.5 Å². The van der Waals surface area contributed by atoms with Gasteiger partial charge in [0.25, 0.3) is 0 Å². The van der Waals surface area contributed by atoms with Crippen molar-refractivity contribution in [2.45, 2.75) is 12.7 Å². The highest BCUT2D eigenvalue weighted by molar-refractivity contribution is 5.73. The maximum Gasteiger partial charge on any atom is 0.490 e. The molecule has 0 saturated carbocycles.